The summed E-state index contributed by atoms with van der Waals surface area (Å²) >= 11 is 0. The van der Waals surface area contributed by atoms with E-state index in [9.17, 15) is 17.6 Å². The third-order valence-corrected chi connectivity index (χ3v) is 5.60. The predicted molar refractivity (Wildman–Crippen MR) is 112 cm³/mol. The summed E-state index contributed by atoms with van der Waals surface area (Å²) in [6, 6.07) is 7.33. The van der Waals surface area contributed by atoms with Crippen LogP contribution in [0.25, 0.3) is 33.4 Å². The number of aromatic nitrogens is 4. The van der Waals surface area contributed by atoms with Gasteiger partial charge in [0, 0.05) is 40.9 Å². The van der Waals surface area contributed by atoms with Gasteiger partial charge in [-0.1, -0.05) is 0 Å². The molecule has 0 bridgehead atoms. The molecule has 0 radical (unpaired) electrons. The zero-order valence-electron chi connectivity index (χ0n) is 17.1. The van der Waals surface area contributed by atoms with Crippen LogP contribution in [0.1, 0.15) is 35.6 Å². The van der Waals surface area contributed by atoms with Gasteiger partial charge >= 0.3 is 6.18 Å². The van der Waals surface area contributed by atoms with Gasteiger partial charge in [0.05, 0.1) is 23.0 Å². The molecule has 0 atom stereocenters. The Kier molecular flexibility index (Phi) is 4.93. The highest BCUT2D eigenvalue weighted by molar-refractivity contribution is 5.94. The zero-order valence-corrected chi connectivity index (χ0v) is 17.1. The van der Waals surface area contributed by atoms with E-state index in [4.69, 9.17) is 0 Å². The average Bonchev–Trinajstić information content (AvgIpc) is 3.52. The number of alkyl halides is 3. The number of hydrogen-bond acceptors (Lipinski definition) is 4. The fourth-order valence-electron chi connectivity index (χ4n) is 3.89. The van der Waals surface area contributed by atoms with E-state index >= 15 is 0 Å². The minimum atomic E-state index is -4.74. The van der Waals surface area contributed by atoms with Crippen molar-refractivity contribution in [2.24, 2.45) is 0 Å². The van der Waals surface area contributed by atoms with Crippen LogP contribution in [-0.4, -0.2) is 27.2 Å². The van der Waals surface area contributed by atoms with Gasteiger partial charge in [-0.25, -0.2) is 4.39 Å². The maximum absolute atomic E-state index is 14.9. The van der Waals surface area contributed by atoms with Crippen LogP contribution in [0.5, 0.6) is 0 Å². The first kappa shape index (κ1) is 20.6. The molecule has 32 heavy (non-hydrogen) atoms. The van der Waals surface area contributed by atoms with E-state index in [2.05, 4.69) is 25.5 Å². The fraction of sp³-hybridized carbons (Fsp3) is 0.261. The Morgan fingerprint density at radius 3 is 2.56 bits per heavy atom. The minimum Gasteiger partial charge on any atom is -0.316 e. The van der Waals surface area contributed by atoms with Crippen LogP contribution in [-0.2, 0) is 12.7 Å². The Labute approximate surface area is 180 Å². The van der Waals surface area contributed by atoms with Gasteiger partial charge in [0.1, 0.15) is 11.5 Å². The van der Waals surface area contributed by atoms with E-state index in [1.807, 2.05) is 12.1 Å². The van der Waals surface area contributed by atoms with Crippen LogP contribution >= 0.6 is 0 Å². The molecule has 5 nitrogen and oxygen atoms in total. The number of fused-ring (bicyclic) bond motifs is 1. The zero-order chi connectivity index (χ0) is 22.5. The lowest BCUT2D eigenvalue weighted by Gasteiger charge is -2.15. The van der Waals surface area contributed by atoms with Gasteiger partial charge in [-0.3, -0.25) is 15.1 Å². The number of H-pyrrole nitrogens is 1. The van der Waals surface area contributed by atoms with Crippen LogP contribution in [0, 0.1) is 5.82 Å². The molecule has 1 aliphatic rings. The molecule has 0 spiro atoms. The normalized spacial score (nSPS) is 14.3. The van der Waals surface area contributed by atoms with Gasteiger partial charge in [-0.05, 0) is 55.8 Å². The molecule has 9 heteroatoms. The first-order valence-electron chi connectivity index (χ1n) is 10.2. The third-order valence-electron chi connectivity index (χ3n) is 5.60. The first-order valence-corrected chi connectivity index (χ1v) is 10.2. The largest absolute Gasteiger partial charge is 0.417 e. The number of benzene rings is 1. The third kappa shape index (κ3) is 3.73. The van der Waals surface area contributed by atoms with Crippen LogP contribution in [0.3, 0.4) is 0 Å². The number of aromatic amines is 1. The van der Waals surface area contributed by atoms with Gasteiger partial charge < -0.3 is 5.32 Å². The van der Waals surface area contributed by atoms with E-state index in [1.54, 1.807) is 13.2 Å². The van der Waals surface area contributed by atoms with Gasteiger partial charge in [0.25, 0.3) is 0 Å². The Balaban J connectivity index is 1.63. The summed E-state index contributed by atoms with van der Waals surface area (Å²) in [5, 5.41) is 10.4. The minimum absolute atomic E-state index is 0.108. The summed E-state index contributed by atoms with van der Waals surface area (Å²) in [5.41, 5.74) is 1.27. The summed E-state index contributed by atoms with van der Waals surface area (Å²) in [5.74, 6) is -0.470. The van der Waals surface area contributed by atoms with Crippen molar-refractivity contribution in [2.75, 3.05) is 7.05 Å². The van der Waals surface area contributed by atoms with Gasteiger partial charge in [0.2, 0.25) is 0 Å². The van der Waals surface area contributed by atoms with Crippen molar-refractivity contribution in [3.63, 3.8) is 0 Å². The number of nitrogens with zero attached hydrogens (tertiary/aromatic N) is 3. The van der Waals surface area contributed by atoms with Crippen molar-refractivity contribution in [1.29, 1.82) is 0 Å². The number of hydrogen-bond donors (Lipinski definition) is 2. The summed E-state index contributed by atoms with van der Waals surface area (Å²) < 4.78 is 56.3. The second kappa shape index (κ2) is 7.67. The maximum Gasteiger partial charge on any atom is 0.417 e. The standard InChI is InChI=1S/C23H19F4N5/c1-28-9-12-6-16(23(25,26)27)21(17(24)7-12)19-8-15-20(11-30-19)31-32-22(15)14-4-5-18(29-10-14)13-2-3-13/h4-8,10-11,13,28H,2-3,9H2,1H3,(H,31,32). The van der Waals surface area contributed by atoms with Crippen molar-refractivity contribution in [1.82, 2.24) is 25.5 Å². The molecule has 0 saturated heterocycles. The quantitative estimate of drug-likeness (QED) is 0.405. The molecule has 1 saturated carbocycles. The molecule has 0 aliphatic heterocycles. The van der Waals surface area contributed by atoms with Crippen LogP contribution in [0.4, 0.5) is 17.6 Å². The molecule has 0 unspecified atom stereocenters. The molecule has 2 N–H and O–H groups in total. The highest BCUT2D eigenvalue weighted by Crippen LogP contribution is 2.41. The Morgan fingerprint density at radius 1 is 1.09 bits per heavy atom. The summed E-state index contributed by atoms with van der Waals surface area (Å²) in [6.07, 6.45) is 0.601. The summed E-state index contributed by atoms with van der Waals surface area (Å²) in [7, 11) is 1.58. The Hall–Kier alpha value is -3.33. The molecule has 5 rings (SSSR count). The summed E-state index contributed by atoms with van der Waals surface area (Å²) in [6.45, 7) is 0.114. The Bertz CT molecular complexity index is 1290. The molecule has 1 aromatic carbocycles. The average molecular weight is 441 g/mol. The maximum atomic E-state index is 14.9. The number of rotatable bonds is 5. The fourth-order valence-corrected chi connectivity index (χ4v) is 3.89. The lowest BCUT2D eigenvalue weighted by atomic mass is 9.98. The Morgan fingerprint density at radius 2 is 1.91 bits per heavy atom. The summed E-state index contributed by atoms with van der Waals surface area (Å²) in [4.78, 5) is 8.59. The van der Waals surface area contributed by atoms with Gasteiger partial charge in [-0.15, -0.1) is 0 Å². The lowest BCUT2D eigenvalue weighted by molar-refractivity contribution is -0.137. The van der Waals surface area contributed by atoms with Crippen molar-refractivity contribution >= 4 is 10.9 Å². The topological polar surface area (TPSA) is 66.5 Å². The molecule has 3 heterocycles. The molecular weight excluding hydrogens is 422 g/mol. The molecule has 1 fully saturated rings. The van der Waals surface area contributed by atoms with E-state index < -0.39 is 23.1 Å². The second-order valence-corrected chi connectivity index (χ2v) is 7.96. The van der Waals surface area contributed by atoms with E-state index in [0.717, 1.165) is 36.2 Å². The van der Waals surface area contributed by atoms with E-state index in [-0.39, 0.29) is 17.8 Å². The monoisotopic (exact) mass is 441 g/mol. The SMILES string of the molecule is CNCc1cc(F)c(-c2cc3c(-c4ccc(C5CC5)nc4)n[nH]c3cn2)c(C(F)(F)F)c1. The van der Waals surface area contributed by atoms with E-state index in [1.165, 1.54) is 12.3 Å². The van der Waals surface area contributed by atoms with E-state index in [0.29, 0.717) is 22.5 Å². The van der Waals surface area contributed by atoms with Crippen LogP contribution in [0.15, 0.2) is 42.7 Å². The van der Waals surface area contributed by atoms with Crippen LogP contribution in [0.2, 0.25) is 0 Å². The molecule has 3 aromatic heterocycles. The van der Waals surface area contributed by atoms with Crippen LogP contribution < -0.4 is 5.32 Å². The molecule has 1 aliphatic carbocycles. The number of halogens is 4. The lowest BCUT2D eigenvalue weighted by Crippen LogP contribution is -2.13. The van der Waals surface area contributed by atoms with Gasteiger partial charge in [0.15, 0.2) is 0 Å². The number of nitrogens with one attached hydrogen (secondary N) is 2. The highest BCUT2D eigenvalue weighted by atomic mass is 19.4. The van der Waals surface area contributed by atoms with Crippen molar-refractivity contribution in [2.45, 2.75) is 31.5 Å². The van der Waals surface area contributed by atoms with Crippen molar-refractivity contribution in [3.05, 3.63) is 65.4 Å². The van der Waals surface area contributed by atoms with Crippen molar-refractivity contribution < 1.29 is 17.6 Å². The predicted octanol–water partition coefficient (Wildman–Crippen LogP) is 5.44. The number of pyridine rings is 2. The smallest absolute Gasteiger partial charge is 0.316 e. The molecule has 4 aromatic rings. The first-order chi connectivity index (χ1) is 15.3. The van der Waals surface area contributed by atoms with Crippen molar-refractivity contribution in [3.8, 4) is 22.5 Å². The molecular formula is C23H19F4N5. The van der Waals surface area contributed by atoms with Gasteiger partial charge in [-0.2, -0.15) is 18.3 Å². The second-order valence-electron chi connectivity index (χ2n) is 7.96. The highest BCUT2D eigenvalue weighted by Gasteiger charge is 2.36. The molecule has 164 valence electrons. The molecule has 0 amide bonds.